The Morgan fingerprint density at radius 1 is 1.50 bits per heavy atom. The summed E-state index contributed by atoms with van der Waals surface area (Å²) in [4.78, 5) is 20.0. The fourth-order valence-corrected chi connectivity index (χ4v) is 1.98. The van der Waals surface area contributed by atoms with Crippen molar-refractivity contribution < 1.29 is 4.79 Å². The van der Waals surface area contributed by atoms with Crippen molar-refractivity contribution in [3.8, 4) is 0 Å². The summed E-state index contributed by atoms with van der Waals surface area (Å²) in [5, 5.41) is 6.94. The average Bonchev–Trinajstić information content (AvgIpc) is 2.92. The molecule has 0 aliphatic heterocycles. The van der Waals surface area contributed by atoms with Gasteiger partial charge in [-0.25, -0.2) is 4.98 Å². The van der Waals surface area contributed by atoms with Gasteiger partial charge in [0.2, 0.25) is 5.91 Å². The highest BCUT2D eigenvalue weighted by Gasteiger charge is 2.10. The fraction of sp³-hybridized carbons (Fsp3) is 0.429. The van der Waals surface area contributed by atoms with E-state index in [-0.39, 0.29) is 11.9 Å². The molecule has 1 unspecified atom stereocenters. The molecule has 0 saturated heterocycles. The second-order valence-corrected chi connectivity index (χ2v) is 4.85. The summed E-state index contributed by atoms with van der Waals surface area (Å²) >= 11 is 0. The lowest BCUT2D eigenvalue weighted by molar-refractivity contribution is -0.121. The molecule has 1 N–H and O–H groups in total. The number of pyridine rings is 1. The third-order valence-electron chi connectivity index (χ3n) is 3.06. The number of hydrogen-bond donors (Lipinski definition) is 1. The highest BCUT2D eigenvalue weighted by atomic mass is 16.1. The number of nitrogens with zero attached hydrogens (tertiary/aromatic N) is 4. The molecule has 0 bridgehead atoms. The van der Waals surface area contributed by atoms with Crippen molar-refractivity contribution in [2.45, 2.75) is 39.3 Å². The van der Waals surface area contributed by atoms with Crippen molar-refractivity contribution in [2.75, 3.05) is 0 Å². The molecule has 20 heavy (non-hydrogen) atoms. The number of aromatic nitrogens is 4. The molecule has 0 saturated carbocycles. The molecular formula is C14H19N5O. The predicted molar refractivity (Wildman–Crippen MR) is 74.9 cm³/mol. The van der Waals surface area contributed by atoms with Gasteiger partial charge in [0.15, 0.2) is 0 Å². The van der Waals surface area contributed by atoms with Gasteiger partial charge in [-0.3, -0.25) is 14.5 Å². The normalized spacial score (nSPS) is 12.1. The largest absolute Gasteiger partial charge is 0.353 e. The third kappa shape index (κ3) is 4.15. The number of carbonyl (C=O) groups is 1. The Morgan fingerprint density at radius 3 is 3.05 bits per heavy atom. The summed E-state index contributed by atoms with van der Waals surface area (Å²) in [7, 11) is 0. The van der Waals surface area contributed by atoms with Gasteiger partial charge in [0.05, 0.1) is 6.54 Å². The monoisotopic (exact) mass is 273 g/mol. The van der Waals surface area contributed by atoms with Gasteiger partial charge in [-0.15, -0.1) is 0 Å². The molecule has 6 heteroatoms. The average molecular weight is 273 g/mol. The highest BCUT2D eigenvalue weighted by Crippen LogP contribution is 2.06. The van der Waals surface area contributed by atoms with Gasteiger partial charge >= 0.3 is 0 Å². The van der Waals surface area contributed by atoms with Crippen LogP contribution in [0.4, 0.5) is 0 Å². The molecule has 0 aromatic carbocycles. The van der Waals surface area contributed by atoms with E-state index in [9.17, 15) is 4.79 Å². The van der Waals surface area contributed by atoms with Crippen LogP contribution in [-0.2, 0) is 17.8 Å². The van der Waals surface area contributed by atoms with Crippen LogP contribution in [0.2, 0.25) is 0 Å². The summed E-state index contributed by atoms with van der Waals surface area (Å²) in [5.74, 6) is 0.0154. The Hall–Kier alpha value is -2.24. The molecule has 0 fully saturated rings. The molecule has 0 spiro atoms. The quantitative estimate of drug-likeness (QED) is 0.856. The van der Waals surface area contributed by atoms with Gasteiger partial charge < -0.3 is 5.32 Å². The Bertz CT molecular complexity index is 552. The molecular weight excluding hydrogens is 254 g/mol. The zero-order chi connectivity index (χ0) is 14.4. The molecule has 6 nitrogen and oxygen atoms in total. The highest BCUT2D eigenvalue weighted by molar-refractivity contribution is 5.76. The first-order chi connectivity index (χ1) is 9.65. The minimum Gasteiger partial charge on any atom is -0.353 e. The number of rotatable bonds is 6. The standard InChI is InChI=1S/C14H19N5O/c1-11-4-3-6-16-13(11)8-12(2)18-14(20)5-7-19-10-15-9-17-19/h3-4,6,9-10,12H,5,7-8H2,1-2H3,(H,18,20). The lowest BCUT2D eigenvalue weighted by Crippen LogP contribution is -2.34. The molecule has 106 valence electrons. The summed E-state index contributed by atoms with van der Waals surface area (Å²) in [6.45, 7) is 4.56. The van der Waals surface area contributed by atoms with E-state index in [1.165, 1.54) is 6.33 Å². The van der Waals surface area contributed by atoms with E-state index in [0.29, 0.717) is 13.0 Å². The molecule has 2 aromatic rings. The predicted octanol–water partition coefficient (Wildman–Crippen LogP) is 1.12. The topological polar surface area (TPSA) is 72.7 Å². The maximum atomic E-state index is 11.8. The van der Waals surface area contributed by atoms with Crippen LogP contribution in [0.25, 0.3) is 0 Å². The Kier molecular flexibility index (Phi) is 4.81. The molecule has 0 aliphatic carbocycles. The first kappa shape index (κ1) is 14.2. The molecule has 0 aliphatic rings. The van der Waals surface area contributed by atoms with E-state index in [2.05, 4.69) is 20.4 Å². The maximum absolute atomic E-state index is 11.8. The zero-order valence-electron chi connectivity index (χ0n) is 11.8. The Labute approximate surface area is 118 Å². The van der Waals surface area contributed by atoms with Gasteiger partial charge in [0, 0.05) is 30.8 Å². The van der Waals surface area contributed by atoms with E-state index in [1.54, 1.807) is 17.2 Å². The van der Waals surface area contributed by atoms with Crippen molar-refractivity contribution in [1.29, 1.82) is 0 Å². The summed E-state index contributed by atoms with van der Waals surface area (Å²) in [6.07, 6.45) is 5.98. The minimum absolute atomic E-state index is 0.0154. The third-order valence-corrected chi connectivity index (χ3v) is 3.06. The molecule has 1 amide bonds. The van der Waals surface area contributed by atoms with Crippen LogP contribution >= 0.6 is 0 Å². The number of hydrogen-bond acceptors (Lipinski definition) is 4. The van der Waals surface area contributed by atoms with E-state index in [1.807, 2.05) is 26.0 Å². The zero-order valence-corrected chi connectivity index (χ0v) is 11.8. The maximum Gasteiger partial charge on any atom is 0.222 e. The van der Waals surface area contributed by atoms with Crippen molar-refractivity contribution in [1.82, 2.24) is 25.1 Å². The van der Waals surface area contributed by atoms with Crippen LogP contribution in [0.1, 0.15) is 24.6 Å². The first-order valence-corrected chi connectivity index (χ1v) is 6.67. The van der Waals surface area contributed by atoms with Gasteiger partial charge in [-0.2, -0.15) is 5.10 Å². The lowest BCUT2D eigenvalue weighted by Gasteiger charge is -2.14. The smallest absolute Gasteiger partial charge is 0.222 e. The van der Waals surface area contributed by atoms with Crippen LogP contribution in [0.5, 0.6) is 0 Å². The van der Waals surface area contributed by atoms with Crippen LogP contribution in [0.3, 0.4) is 0 Å². The number of carbonyl (C=O) groups excluding carboxylic acids is 1. The van der Waals surface area contributed by atoms with E-state index in [0.717, 1.165) is 17.7 Å². The van der Waals surface area contributed by atoms with Crippen molar-refractivity contribution in [2.24, 2.45) is 0 Å². The van der Waals surface area contributed by atoms with Crippen molar-refractivity contribution >= 4 is 5.91 Å². The van der Waals surface area contributed by atoms with Gasteiger partial charge in [-0.1, -0.05) is 6.07 Å². The van der Waals surface area contributed by atoms with Crippen molar-refractivity contribution in [3.63, 3.8) is 0 Å². The molecule has 2 heterocycles. The molecule has 0 radical (unpaired) electrons. The first-order valence-electron chi connectivity index (χ1n) is 6.67. The summed E-state index contributed by atoms with van der Waals surface area (Å²) < 4.78 is 1.65. The van der Waals surface area contributed by atoms with E-state index < -0.39 is 0 Å². The van der Waals surface area contributed by atoms with E-state index >= 15 is 0 Å². The number of aryl methyl sites for hydroxylation is 2. The SMILES string of the molecule is Cc1cccnc1CC(C)NC(=O)CCn1cncn1. The van der Waals surface area contributed by atoms with Gasteiger partial charge in [0.1, 0.15) is 12.7 Å². The summed E-state index contributed by atoms with van der Waals surface area (Å²) in [5.41, 5.74) is 2.17. The van der Waals surface area contributed by atoms with Gasteiger partial charge in [0.25, 0.3) is 0 Å². The van der Waals surface area contributed by atoms with Crippen LogP contribution in [0, 0.1) is 6.92 Å². The summed E-state index contributed by atoms with van der Waals surface area (Å²) in [6, 6.07) is 4.01. The molecule has 2 rings (SSSR count). The van der Waals surface area contributed by atoms with Crippen molar-refractivity contribution in [3.05, 3.63) is 42.2 Å². The van der Waals surface area contributed by atoms with Crippen LogP contribution in [-0.4, -0.2) is 31.7 Å². The number of amides is 1. The number of nitrogens with one attached hydrogen (secondary N) is 1. The fourth-order valence-electron chi connectivity index (χ4n) is 1.98. The van der Waals surface area contributed by atoms with E-state index in [4.69, 9.17) is 0 Å². The second-order valence-electron chi connectivity index (χ2n) is 4.85. The second kappa shape index (κ2) is 6.79. The lowest BCUT2D eigenvalue weighted by atomic mass is 10.1. The molecule has 1 atom stereocenters. The van der Waals surface area contributed by atoms with Crippen LogP contribution in [0.15, 0.2) is 31.0 Å². The Morgan fingerprint density at radius 2 is 2.35 bits per heavy atom. The van der Waals surface area contributed by atoms with Gasteiger partial charge in [-0.05, 0) is 25.5 Å². The minimum atomic E-state index is 0.0154. The van der Waals surface area contributed by atoms with Crippen LogP contribution < -0.4 is 5.32 Å². The molecule has 2 aromatic heterocycles. The Balaban J connectivity index is 1.78.